The Morgan fingerprint density at radius 3 is 2.85 bits per heavy atom. The van der Waals surface area contributed by atoms with Crippen LogP contribution in [0, 0.1) is 0 Å². The van der Waals surface area contributed by atoms with Crippen LogP contribution in [0.1, 0.15) is 31.7 Å². The third kappa shape index (κ3) is 3.41. The molecule has 5 heteroatoms. The van der Waals surface area contributed by atoms with Crippen LogP contribution in [0.3, 0.4) is 0 Å². The molecule has 0 radical (unpaired) electrons. The Morgan fingerprint density at radius 1 is 1.22 bits per heavy atom. The minimum absolute atomic E-state index is 0.306. The van der Waals surface area contributed by atoms with E-state index in [9.17, 15) is 0 Å². The maximum Gasteiger partial charge on any atom is 0.199 e. The van der Waals surface area contributed by atoms with Crippen molar-refractivity contribution in [3.63, 3.8) is 0 Å². The predicted molar refractivity (Wildman–Crippen MR) is 111 cm³/mol. The first-order chi connectivity index (χ1) is 13.3. The maximum atomic E-state index is 3.55. The zero-order valence-corrected chi connectivity index (χ0v) is 16.6. The fourth-order valence-corrected chi connectivity index (χ4v) is 5.35. The van der Waals surface area contributed by atoms with Crippen LogP contribution in [0.25, 0.3) is 5.57 Å². The summed E-state index contributed by atoms with van der Waals surface area (Å²) in [7, 11) is 0. The van der Waals surface area contributed by atoms with Crippen molar-refractivity contribution in [1.29, 1.82) is 0 Å². The predicted octanol–water partition coefficient (Wildman–Crippen LogP) is 1.65. The van der Waals surface area contributed by atoms with Crippen LogP contribution in [0.15, 0.2) is 71.1 Å². The number of thioether (sulfide) groups is 1. The van der Waals surface area contributed by atoms with Crippen molar-refractivity contribution in [3.05, 3.63) is 76.6 Å². The van der Waals surface area contributed by atoms with Gasteiger partial charge in [0.15, 0.2) is 11.7 Å². The summed E-state index contributed by atoms with van der Waals surface area (Å²) in [6.07, 6.45) is 11.1. The van der Waals surface area contributed by atoms with Crippen molar-refractivity contribution < 1.29 is 10.6 Å². The second-order valence-corrected chi connectivity index (χ2v) is 8.71. The molecule has 1 aliphatic carbocycles. The van der Waals surface area contributed by atoms with Gasteiger partial charge in [-0.15, -0.1) is 0 Å². The molecule has 5 N–H and O–H groups in total. The second kappa shape index (κ2) is 7.32. The molecule has 0 aromatic heterocycles. The van der Waals surface area contributed by atoms with Gasteiger partial charge in [0.25, 0.3) is 0 Å². The number of nitrogens with one attached hydrogen (secondary N) is 1. The summed E-state index contributed by atoms with van der Waals surface area (Å²) in [4.78, 5) is 2.70. The standard InChI is InChI=1S/C22H26N4S/c1-2-10-26(17-8-9-17)22-25-20(14-27-22)19-13-24-21-18(19)11-16(12-23-21)15-6-4-3-5-7-15/h3-7,11-14,17,21-25H,2,8-10H2,1H3/p+2. The number of rotatable bonds is 6. The van der Waals surface area contributed by atoms with Gasteiger partial charge >= 0.3 is 0 Å². The number of benzene rings is 1. The van der Waals surface area contributed by atoms with Crippen LogP contribution in [0.4, 0.5) is 0 Å². The molecule has 0 saturated heterocycles. The molecule has 0 amide bonds. The monoisotopic (exact) mass is 380 g/mol. The van der Waals surface area contributed by atoms with Crippen LogP contribution in [-0.4, -0.2) is 29.2 Å². The molecule has 2 atom stereocenters. The summed E-state index contributed by atoms with van der Waals surface area (Å²) in [5, 5.41) is 10.7. The third-order valence-corrected chi connectivity index (χ3v) is 6.81. The van der Waals surface area contributed by atoms with Crippen LogP contribution >= 0.6 is 11.8 Å². The van der Waals surface area contributed by atoms with Gasteiger partial charge in [-0.05, 0) is 42.7 Å². The van der Waals surface area contributed by atoms with Crippen molar-refractivity contribution in [2.45, 2.75) is 43.9 Å². The largest absolute Gasteiger partial charge is 0.338 e. The molecule has 1 aromatic rings. The summed E-state index contributed by atoms with van der Waals surface area (Å²) < 4.78 is 0. The summed E-state index contributed by atoms with van der Waals surface area (Å²) in [6.45, 7) is 3.49. The number of allylic oxidation sites excluding steroid dienone is 3. The van der Waals surface area contributed by atoms with E-state index in [1.54, 1.807) is 0 Å². The second-order valence-electron chi connectivity index (χ2n) is 7.72. The first-order valence-corrected chi connectivity index (χ1v) is 11.0. The lowest BCUT2D eigenvalue weighted by Crippen LogP contribution is -2.90. The summed E-state index contributed by atoms with van der Waals surface area (Å²) >= 11 is 1.98. The van der Waals surface area contributed by atoms with E-state index in [1.807, 2.05) is 11.8 Å². The minimum Gasteiger partial charge on any atom is -0.338 e. The first kappa shape index (κ1) is 17.3. The van der Waals surface area contributed by atoms with E-state index in [2.05, 4.69) is 82.0 Å². The van der Waals surface area contributed by atoms with E-state index < -0.39 is 0 Å². The molecule has 27 heavy (non-hydrogen) atoms. The first-order valence-electron chi connectivity index (χ1n) is 10.1. The highest BCUT2D eigenvalue weighted by molar-refractivity contribution is 8.02. The van der Waals surface area contributed by atoms with E-state index >= 15 is 0 Å². The van der Waals surface area contributed by atoms with Gasteiger partial charge in [-0.1, -0.05) is 37.3 Å². The lowest BCUT2D eigenvalue weighted by Gasteiger charge is -2.25. The fourth-order valence-electron chi connectivity index (χ4n) is 4.20. The average molecular weight is 381 g/mol. The molecule has 140 valence electrons. The van der Waals surface area contributed by atoms with Gasteiger partial charge in [-0.3, -0.25) is 10.6 Å². The van der Waals surface area contributed by atoms with Gasteiger partial charge < -0.3 is 5.32 Å². The molecular weight excluding hydrogens is 352 g/mol. The number of hydrogen-bond acceptors (Lipinski definition) is 3. The molecule has 1 aromatic carbocycles. The highest BCUT2D eigenvalue weighted by Gasteiger charge is 2.41. The topological polar surface area (TPSA) is 48.5 Å². The number of fused-ring (bicyclic) bond motifs is 1. The number of nitrogens with two attached hydrogens (primary N) is 2. The molecule has 4 aliphatic rings. The van der Waals surface area contributed by atoms with Crippen molar-refractivity contribution in [1.82, 2.24) is 10.2 Å². The van der Waals surface area contributed by atoms with E-state index in [-0.39, 0.29) is 0 Å². The SMILES string of the molecule is CCCN(C1CC1)C1[NH2+]C(C2=CNC3[NH2+]C=C(c4ccccc4)C=C23)=CS1. The lowest BCUT2D eigenvalue weighted by molar-refractivity contribution is -0.635. The molecular formula is C22H28N4S+2. The Hall–Kier alpha value is -1.79. The molecule has 2 unspecified atom stereocenters. The molecule has 3 aliphatic heterocycles. The maximum absolute atomic E-state index is 3.55. The molecule has 1 fully saturated rings. The van der Waals surface area contributed by atoms with Crippen molar-refractivity contribution >= 4 is 17.3 Å². The highest BCUT2D eigenvalue weighted by atomic mass is 32.2. The number of hydrogen-bond donors (Lipinski definition) is 3. The number of nitrogens with zero attached hydrogens (tertiary/aromatic N) is 1. The average Bonchev–Trinajstić information content (AvgIpc) is 3.28. The van der Waals surface area contributed by atoms with Gasteiger partial charge in [0.2, 0.25) is 0 Å². The molecule has 0 bridgehead atoms. The van der Waals surface area contributed by atoms with E-state index in [0.29, 0.717) is 11.7 Å². The molecule has 3 heterocycles. The Morgan fingerprint density at radius 2 is 2.07 bits per heavy atom. The number of quaternary nitrogens is 2. The zero-order valence-electron chi connectivity index (χ0n) is 15.8. The van der Waals surface area contributed by atoms with E-state index in [1.165, 1.54) is 53.8 Å². The van der Waals surface area contributed by atoms with Gasteiger partial charge in [0.1, 0.15) is 11.9 Å². The zero-order chi connectivity index (χ0) is 18.2. The quantitative estimate of drug-likeness (QED) is 0.703. The molecule has 5 rings (SSSR count). The molecule has 1 saturated carbocycles. The normalized spacial score (nSPS) is 26.9. The van der Waals surface area contributed by atoms with Crippen LogP contribution < -0.4 is 16.0 Å². The smallest absolute Gasteiger partial charge is 0.199 e. The third-order valence-electron chi connectivity index (χ3n) is 5.73. The molecule has 4 nitrogen and oxygen atoms in total. The Balaban J connectivity index is 1.34. The molecule has 0 spiro atoms. The van der Waals surface area contributed by atoms with E-state index in [4.69, 9.17) is 0 Å². The fraction of sp³-hybridized carbons (Fsp3) is 0.364. The van der Waals surface area contributed by atoms with Gasteiger partial charge in [0.05, 0.1) is 5.57 Å². The van der Waals surface area contributed by atoms with Crippen LogP contribution in [-0.2, 0) is 0 Å². The van der Waals surface area contributed by atoms with Crippen LogP contribution in [0.5, 0.6) is 0 Å². The van der Waals surface area contributed by atoms with Crippen molar-refractivity contribution in [3.8, 4) is 0 Å². The minimum atomic E-state index is 0.306. The van der Waals surface area contributed by atoms with Crippen molar-refractivity contribution in [2.24, 2.45) is 0 Å². The van der Waals surface area contributed by atoms with Gasteiger partial charge in [0, 0.05) is 35.3 Å². The van der Waals surface area contributed by atoms with Gasteiger partial charge in [-0.2, -0.15) is 0 Å². The summed E-state index contributed by atoms with van der Waals surface area (Å²) in [5.41, 5.74) is 7.23. The Kier molecular flexibility index (Phi) is 4.70. The lowest BCUT2D eigenvalue weighted by atomic mass is 9.96. The van der Waals surface area contributed by atoms with Gasteiger partial charge in [-0.25, -0.2) is 4.90 Å². The van der Waals surface area contributed by atoms with E-state index in [0.717, 1.165) is 6.04 Å². The summed E-state index contributed by atoms with van der Waals surface area (Å²) in [5.74, 6) is 0. The summed E-state index contributed by atoms with van der Waals surface area (Å²) in [6, 6.07) is 11.5. The van der Waals surface area contributed by atoms with Crippen molar-refractivity contribution in [2.75, 3.05) is 6.54 Å². The van der Waals surface area contributed by atoms with Crippen LogP contribution in [0.2, 0.25) is 0 Å². The highest BCUT2D eigenvalue weighted by Crippen LogP contribution is 2.35. The Labute approximate surface area is 165 Å². The Bertz CT molecular complexity index is 835.